The van der Waals surface area contributed by atoms with Crippen molar-refractivity contribution in [3.8, 4) is 0 Å². The molecule has 1 aromatic rings. The zero-order valence-electron chi connectivity index (χ0n) is 13.0. The predicted molar refractivity (Wildman–Crippen MR) is 80.7 cm³/mol. The van der Waals surface area contributed by atoms with Gasteiger partial charge in [-0.1, -0.05) is 20.8 Å². The smallest absolute Gasteiger partial charge is 0.293 e. The summed E-state index contributed by atoms with van der Waals surface area (Å²) in [6.45, 7) is 8.37. The number of furan rings is 1. The number of imide groups is 1. The van der Waals surface area contributed by atoms with E-state index in [4.69, 9.17) is 10.2 Å². The Kier molecular flexibility index (Phi) is 6.58. The number of rotatable bonds is 8. The van der Waals surface area contributed by atoms with Crippen molar-refractivity contribution in [2.45, 2.75) is 27.2 Å². The summed E-state index contributed by atoms with van der Waals surface area (Å²) in [4.78, 5) is 25.7. The monoisotopic (exact) mass is 295 g/mol. The lowest BCUT2D eigenvalue weighted by atomic mass is 9.93. The molecule has 1 rings (SSSR count). The number of hydrogen-bond donors (Lipinski definition) is 2. The Hall–Kier alpha value is -1.66. The second-order valence-electron chi connectivity index (χ2n) is 5.93. The van der Waals surface area contributed by atoms with Gasteiger partial charge in [-0.05, 0) is 37.1 Å². The molecule has 3 N–H and O–H groups in total. The first-order valence-electron chi connectivity index (χ1n) is 7.18. The standard InChI is InChI=1S/C15H25N3O3/c1-4-7-18(11-15(2,3)10-16)9-13(19)17-14(20)12-6-5-8-21-12/h5-6,8H,4,7,9-11,16H2,1-3H3,(H,17,19,20). The van der Waals surface area contributed by atoms with Crippen molar-refractivity contribution >= 4 is 11.8 Å². The van der Waals surface area contributed by atoms with Gasteiger partial charge in [0.05, 0.1) is 12.8 Å². The maximum absolute atomic E-state index is 12.0. The van der Waals surface area contributed by atoms with Gasteiger partial charge in [0.2, 0.25) is 5.91 Å². The highest BCUT2D eigenvalue weighted by atomic mass is 16.3. The van der Waals surface area contributed by atoms with Crippen LogP contribution in [0.25, 0.3) is 0 Å². The molecule has 0 saturated carbocycles. The molecule has 0 saturated heterocycles. The number of carbonyl (C=O) groups is 2. The van der Waals surface area contributed by atoms with E-state index in [1.165, 1.54) is 12.3 Å². The van der Waals surface area contributed by atoms with Crippen molar-refractivity contribution in [3.05, 3.63) is 24.2 Å². The molecule has 0 aliphatic carbocycles. The maximum Gasteiger partial charge on any atom is 0.293 e. The number of nitrogens with one attached hydrogen (secondary N) is 1. The van der Waals surface area contributed by atoms with Crippen LogP contribution >= 0.6 is 0 Å². The Balaban J connectivity index is 2.54. The van der Waals surface area contributed by atoms with Gasteiger partial charge in [-0.25, -0.2) is 0 Å². The van der Waals surface area contributed by atoms with Crippen LogP contribution in [0.4, 0.5) is 0 Å². The van der Waals surface area contributed by atoms with E-state index in [1.54, 1.807) is 6.07 Å². The Labute approximate surface area is 125 Å². The molecule has 0 unspecified atom stereocenters. The van der Waals surface area contributed by atoms with Crippen LogP contribution < -0.4 is 11.1 Å². The third-order valence-corrected chi connectivity index (χ3v) is 3.11. The number of hydrogen-bond acceptors (Lipinski definition) is 5. The largest absolute Gasteiger partial charge is 0.459 e. The SMILES string of the molecule is CCCN(CC(=O)NC(=O)c1ccco1)CC(C)(C)CN. The van der Waals surface area contributed by atoms with Gasteiger partial charge in [0.1, 0.15) is 0 Å². The Bertz CT molecular complexity index is 455. The van der Waals surface area contributed by atoms with Crippen molar-refractivity contribution in [2.24, 2.45) is 11.1 Å². The first-order chi connectivity index (χ1) is 9.88. The molecular formula is C15H25N3O3. The van der Waals surface area contributed by atoms with E-state index in [9.17, 15) is 9.59 Å². The Morgan fingerprint density at radius 3 is 2.67 bits per heavy atom. The summed E-state index contributed by atoms with van der Waals surface area (Å²) in [7, 11) is 0. The number of carbonyl (C=O) groups excluding carboxylic acids is 2. The fraction of sp³-hybridized carbons (Fsp3) is 0.600. The quantitative estimate of drug-likeness (QED) is 0.753. The lowest BCUT2D eigenvalue weighted by molar-refractivity contribution is -0.121. The highest BCUT2D eigenvalue weighted by Crippen LogP contribution is 2.14. The zero-order chi connectivity index (χ0) is 15.9. The van der Waals surface area contributed by atoms with Crippen LogP contribution in [0.1, 0.15) is 37.7 Å². The molecule has 0 aromatic carbocycles. The first-order valence-corrected chi connectivity index (χ1v) is 7.18. The lowest BCUT2D eigenvalue weighted by Gasteiger charge is -2.31. The minimum absolute atomic E-state index is 0.0690. The Morgan fingerprint density at radius 2 is 2.14 bits per heavy atom. The zero-order valence-corrected chi connectivity index (χ0v) is 13.0. The summed E-state index contributed by atoms with van der Waals surface area (Å²) in [5, 5.41) is 2.33. The van der Waals surface area contributed by atoms with E-state index < -0.39 is 5.91 Å². The van der Waals surface area contributed by atoms with Gasteiger partial charge in [-0.3, -0.25) is 19.8 Å². The molecule has 6 nitrogen and oxygen atoms in total. The van der Waals surface area contributed by atoms with E-state index in [2.05, 4.69) is 19.2 Å². The third-order valence-electron chi connectivity index (χ3n) is 3.11. The third kappa shape index (κ3) is 6.10. The number of nitrogens with two attached hydrogens (primary N) is 1. The van der Waals surface area contributed by atoms with E-state index in [-0.39, 0.29) is 23.6 Å². The van der Waals surface area contributed by atoms with Crippen LogP contribution in [-0.4, -0.2) is 42.9 Å². The summed E-state index contributed by atoms with van der Waals surface area (Å²) in [6.07, 6.45) is 2.33. The summed E-state index contributed by atoms with van der Waals surface area (Å²) in [5.74, 6) is -0.718. The van der Waals surface area contributed by atoms with Gasteiger partial charge < -0.3 is 10.2 Å². The van der Waals surface area contributed by atoms with Crippen LogP contribution in [0.5, 0.6) is 0 Å². The molecule has 0 aliphatic heterocycles. The molecule has 0 fully saturated rings. The van der Waals surface area contributed by atoms with Crippen molar-refractivity contribution in [1.29, 1.82) is 0 Å². The first kappa shape index (κ1) is 17.4. The highest BCUT2D eigenvalue weighted by molar-refractivity contribution is 6.03. The molecule has 0 atom stereocenters. The summed E-state index contributed by atoms with van der Waals surface area (Å²) in [5.41, 5.74) is 5.66. The summed E-state index contributed by atoms with van der Waals surface area (Å²) >= 11 is 0. The van der Waals surface area contributed by atoms with Crippen LogP contribution in [0.2, 0.25) is 0 Å². The van der Waals surface area contributed by atoms with Crippen LogP contribution in [0.3, 0.4) is 0 Å². The van der Waals surface area contributed by atoms with Gasteiger partial charge in [-0.2, -0.15) is 0 Å². The van der Waals surface area contributed by atoms with E-state index in [0.29, 0.717) is 13.1 Å². The molecule has 1 aromatic heterocycles. The minimum Gasteiger partial charge on any atom is -0.459 e. The van der Waals surface area contributed by atoms with Gasteiger partial charge >= 0.3 is 0 Å². The molecule has 6 heteroatoms. The van der Waals surface area contributed by atoms with Crippen LogP contribution in [0.15, 0.2) is 22.8 Å². The molecule has 118 valence electrons. The van der Waals surface area contributed by atoms with E-state index in [1.807, 2.05) is 11.8 Å². The summed E-state index contributed by atoms with van der Waals surface area (Å²) in [6, 6.07) is 3.12. The van der Waals surface area contributed by atoms with Gasteiger partial charge in [-0.15, -0.1) is 0 Å². The van der Waals surface area contributed by atoms with E-state index in [0.717, 1.165) is 13.0 Å². The fourth-order valence-electron chi connectivity index (χ4n) is 2.04. The molecule has 2 amide bonds. The lowest BCUT2D eigenvalue weighted by Crippen LogP contribution is -2.45. The summed E-state index contributed by atoms with van der Waals surface area (Å²) < 4.78 is 4.95. The molecule has 0 spiro atoms. The molecule has 0 aliphatic rings. The molecule has 1 heterocycles. The highest BCUT2D eigenvalue weighted by Gasteiger charge is 2.22. The van der Waals surface area contributed by atoms with Crippen molar-refractivity contribution in [3.63, 3.8) is 0 Å². The normalized spacial score (nSPS) is 11.7. The average molecular weight is 295 g/mol. The average Bonchev–Trinajstić information content (AvgIpc) is 2.92. The van der Waals surface area contributed by atoms with Crippen molar-refractivity contribution < 1.29 is 14.0 Å². The van der Waals surface area contributed by atoms with Crippen LogP contribution in [0, 0.1) is 5.41 Å². The molecular weight excluding hydrogens is 270 g/mol. The molecule has 0 radical (unpaired) electrons. The minimum atomic E-state index is -0.514. The predicted octanol–water partition coefficient (Wildman–Crippen LogP) is 1.23. The van der Waals surface area contributed by atoms with Gasteiger partial charge in [0.25, 0.3) is 5.91 Å². The van der Waals surface area contributed by atoms with Gasteiger partial charge in [0.15, 0.2) is 5.76 Å². The Morgan fingerprint density at radius 1 is 1.43 bits per heavy atom. The molecule has 21 heavy (non-hydrogen) atoms. The number of amides is 2. The van der Waals surface area contributed by atoms with Crippen LogP contribution in [-0.2, 0) is 4.79 Å². The molecule has 0 bridgehead atoms. The van der Waals surface area contributed by atoms with Gasteiger partial charge in [0, 0.05) is 6.54 Å². The second-order valence-corrected chi connectivity index (χ2v) is 5.93. The van der Waals surface area contributed by atoms with Crippen molar-refractivity contribution in [1.82, 2.24) is 10.2 Å². The topological polar surface area (TPSA) is 88.6 Å². The maximum atomic E-state index is 12.0. The number of nitrogens with zero attached hydrogens (tertiary/aromatic N) is 1. The second kappa shape index (κ2) is 7.95. The fourth-order valence-corrected chi connectivity index (χ4v) is 2.04. The van der Waals surface area contributed by atoms with Crippen molar-refractivity contribution in [2.75, 3.05) is 26.2 Å². The van der Waals surface area contributed by atoms with E-state index >= 15 is 0 Å².